The van der Waals surface area contributed by atoms with Crippen LogP contribution >= 0.6 is 0 Å². The van der Waals surface area contributed by atoms with Crippen LogP contribution in [-0.2, 0) is 4.74 Å². The number of hydrogen-bond acceptors (Lipinski definition) is 4. The Hall–Kier alpha value is -4.74. The van der Waals surface area contributed by atoms with Crippen molar-refractivity contribution in [2.45, 2.75) is 98.1 Å². The fraction of sp³-hybridized carbons (Fsp3) is 0.415. The summed E-state index contributed by atoms with van der Waals surface area (Å²) in [4.78, 5) is 26.3. The highest BCUT2D eigenvalue weighted by atomic mass is 19.4. The standard InChI is InChI=1S/C39H39F6NO5.C2H6/c1-21-17-27(36(47)48)11-13-30(21)31-14-16-34(50-5)35(23(31)3)32-19-26-8-6-7-25(26)9-10-28(32)20-46-24(4)33(51-37(46)49)15-12-29(39(43,44)45)18-22(2)38(40,41)42;1-2/h10-14,16-19,24,33H,6-9,15,20H2,1-5H3,(H,47,48);1-2H3/b22-18+,29-12+;. The number of methoxy groups -OCH3 is 1. The molecule has 1 aliphatic heterocycles. The number of ether oxygens (including phenoxy) is 2. The summed E-state index contributed by atoms with van der Waals surface area (Å²) >= 11 is 0. The van der Waals surface area contributed by atoms with E-state index in [9.17, 15) is 41.0 Å². The second-order valence-corrected chi connectivity index (χ2v) is 13.1. The minimum atomic E-state index is -5.04. The highest BCUT2D eigenvalue weighted by molar-refractivity contribution is 5.92. The summed E-state index contributed by atoms with van der Waals surface area (Å²) in [6, 6.07) is 8.00. The van der Waals surface area contributed by atoms with Crippen LogP contribution in [0.25, 0.3) is 16.7 Å². The highest BCUT2D eigenvalue weighted by Gasteiger charge is 2.41. The Morgan fingerprint density at radius 3 is 2.32 bits per heavy atom. The maximum Gasteiger partial charge on any atom is 0.416 e. The lowest BCUT2D eigenvalue weighted by atomic mass is 9.86. The SMILES string of the molecule is CC.COc1ccc(-c2ccc(C(=O)O)cc2C)c(C)c1C1=CC2=C(CC=C1CN1C(=O)OC(C/C=C(\C=C(/C)C(F)(F)F)C(F)(F)F)C1C)CCC2. The molecule has 12 heteroatoms. The predicted molar refractivity (Wildman–Crippen MR) is 193 cm³/mol. The second-order valence-electron chi connectivity index (χ2n) is 13.1. The number of alkyl halides is 6. The van der Waals surface area contributed by atoms with Gasteiger partial charge in [0.1, 0.15) is 11.9 Å². The number of aromatic carboxylic acids is 1. The maximum atomic E-state index is 13.7. The minimum Gasteiger partial charge on any atom is -0.496 e. The maximum absolute atomic E-state index is 13.7. The molecule has 1 amide bonds. The van der Waals surface area contributed by atoms with Crippen molar-refractivity contribution in [3.05, 3.63) is 105 Å². The molecule has 2 atom stereocenters. The third-order valence-electron chi connectivity index (χ3n) is 9.89. The van der Waals surface area contributed by atoms with Crippen LogP contribution in [0.1, 0.15) is 86.8 Å². The minimum absolute atomic E-state index is 0.0602. The summed E-state index contributed by atoms with van der Waals surface area (Å²) in [5.74, 6) is -0.449. The molecular weight excluding hydrogens is 700 g/mol. The Bertz CT molecular complexity index is 1900. The van der Waals surface area contributed by atoms with Crippen molar-refractivity contribution in [3.8, 4) is 16.9 Å². The lowest BCUT2D eigenvalue weighted by Crippen LogP contribution is -2.35. The van der Waals surface area contributed by atoms with Gasteiger partial charge in [-0.2, -0.15) is 26.3 Å². The Balaban J connectivity index is 0.00000308. The molecule has 5 rings (SSSR count). The van der Waals surface area contributed by atoms with Crippen molar-refractivity contribution in [3.63, 3.8) is 0 Å². The summed E-state index contributed by atoms with van der Waals surface area (Å²) in [6.07, 6.45) is -3.86. The molecule has 3 aliphatic rings. The third-order valence-corrected chi connectivity index (χ3v) is 9.89. The molecule has 0 radical (unpaired) electrons. The van der Waals surface area contributed by atoms with Crippen molar-refractivity contribution < 1.29 is 50.5 Å². The largest absolute Gasteiger partial charge is 0.496 e. The van der Waals surface area contributed by atoms with Crippen LogP contribution in [0, 0.1) is 13.8 Å². The smallest absolute Gasteiger partial charge is 0.416 e. The Morgan fingerprint density at radius 1 is 1.04 bits per heavy atom. The molecule has 2 aromatic rings. The van der Waals surface area contributed by atoms with Gasteiger partial charge in [0.15, 0.2) is 0 Å². The zero-order valence-electron chi connectivity index (χ0n) is 30.9. The molecule has 286 valence electrons. The zero-order chi connectivity index (χ0) is 39.4. The first kappa shape index (κ1) is 41.0. The Morgan fingerprint density at radius 2 is 1.72 bits per heavy atom. The number of benzene rings is 2. The molecule has 2 unspecified atom stereocenters. The van der Waals surface area contributed by atoms with E-state index in [1.165, 1.54) is 16.0 Å². The van der Waals surface area contributed by atoms with Crippen molar-refractivity contribution in [1.82, 2.24) is 4.90 Å². The van der Waals surface area contributed by atoms with Gasteiger partial charge in [-0.05, 0) is 117 Å². The van der Waals surface area contributed by atoms with Crippen LogP contribution in [0.5, 0.6) is 5.75 Å². The molecule has 1 saturated heterocycles. The molecule has 1 heterocycles. The normalized spacial score (nSPS) is 19.6. The predicted octanol–water partition coefficient (Wildman–Crippen LogP) is 11.5. The molecule has 0 bridgehead atoms. The number of hydrogen-bond donors (Lipinski definition) is 1. The van der Waals surface area contributed by atoms with Gasteiger partial charge in [-0.25, -0.2) is 9.59 Å². The summed E-state index contributed by atoms with van der Waals surface area (Å²) in [5.41, 5.74) is 5.48. The first-order chi connectivity index (χ1) is 24.9. The number of nitrogens with zero attached hydrogens (tertiary/aromatic N) is 1. The summed E-state index contributed by atoms with van der Waals surface area (Å²) in [6.45, 7) is 10.1. The Labute approximate surface area is 306 Å². The molecule has 6 nitrogen and oxygen atoms in total. The van der Waals surface area contributed by atoms with E-state index in [-0.39, 0.29) is 18.2 Å². The first-order valence-corrected chi connectivity index (χ1v) is 17.5. The second kappa shape index (κ2) is 16.5. The van der Waals surface area contributed by atoms with E-state index < -0.39 is 54.1 Å². The quantitative estimate of drug-likeness (QED) is 0.204. The molecule has 1 N–H and O–H groups in total. The van der Waals surface area contributed by atoms with E-state index in [0.29, 0.717) is 25.2 Å². The zero-order valence-corrected chi connectivity index (χ0v) is 30.9. The molecular formula is C41H45F6NO5. The van der Waals surface area contributed by atoms with Gasteiger partial charge in [0, 0.05) is 24.1 Å². The average molecular weight is 746 g/mol. The van der Waals surface area contributed by atoms with Crippen LogP contribution < -0.4 is 4.74 Å². The number of allylic oxidation sites excluding steroid dienone is 7. The lowest BCUT2D eigenvalue weighted by molar-refractivity contribution is -0.0955. The Kier molecular flexibility index (Phi) is 12.8. The van der Waals surface area contributed by atoms with Crippen LogP contribution in [0.3, 0.4) is 0 Å². The number of rotatable bonds is 9. The van der Waals surface area contributed by atoms with Gasteiger partial charge < -0.3 is 14.6 Å². The van der Waals surface area contributed by atoms with Crippen LogP contribution in [0.15, 0.2) is 82.5 Å². The van der Waals surface area contributed by atoms with Gasteiger partial charge in [0.2, 0.25) is 0 Å². The van der Waals surface area contributed by atoms with Gasteiger partial charge in [-0.1, -0.05) is 49.8 Å². The number of halogens is 6. The van der Waals surface area contributed by atoms with Crippen molar-refractivity contribution in [1.29, 1.82) is 0 Å². The molecule has 0 saturated carbocycles. The fourth-order valence-electron chi connectivity index (χ4n) is 6.94. The highest BCUT2D eigenvalue weighted by Crippen LogP contribution is 2.44. The summed E-state index contributed by atoms with van der Waals surface area (Å²) in [5, 5.41) is 9.49. The van der Waals surface area contributed by atoms with E-state index in [4.69, 9.17) is 9.47 Å². The van der Waals surface area contributed by atoms with Gasteiger partial charge in [0.25, 0.3) is 0 Å². The van der Waals surface area contributed by atoms with Crippen LogP contribution in [0.4, 0.5) is 31.1 Å². The number of carboxylic acids is 1. The van der Waals surface area contributed by atoms with E-state index in [1.807, 2.05) is 39.8 Å². The molecule has 0 spiro atoms. The molecule has 0 aromatic heterocycles. The van der Waals surface area contributed by atoms with Gasteiger partial charge in [-0.3, -0.25) is 4.90 Å². The fourth-order valence-corrected chi connectivity index (χ4v) is 6.94. The molecule has 1 fully saturated rings. The van der Waals surface area contributed by atoms with Gasteiger partial charge in [0.05, 0.1) is 24.3 Å². The van der Waals surface area contributed by atoms with Crippen molar-refractivity contribution >= 4 is 17.6 Å². The summed E-state index contributed by atoms with van der Waals surface area (Å²) in [7, 11) is 1.56. The number of aryl methyl sites for hydroxylation is 1. The van der Waals surface area contributed by atoms with Crippen molar-refractivity contribution in [2.24, 2.45) is 0 Å². The number of cyclic esters (lactones) is 1. The molecule has 53 heavy (non-hydrogen) atoms. The number of carboxylic acid groups (broad SMARTS) is 1. The van der Waals surface area contributed by atoms with Gasteiger partial charge >= 0.3 is 24.4 Å². The van der Waals surface area contributed by atoms with E-state index >= 15 is 0 Å². The topological polar surface area (TPSA) is 76.1 Å². The van der Waals surface area contributed by atoms with E-state index in [1.54, 1.807) is 32.2 Å². The monoisotopic (exact) mass is 745 g/mol. The van der Waals surface area contributed by atoms with E-state index in [0.717, 1.165) is 58.2 Å². The lowest BCUT2D eigenvalue weighted by Gasteiger charge is -2.25. The number of amides is 1. The van der Waals surface area contributed by atoms with E-state index in [2.05, 4.69) is 12.2 Å². The van der Waals surface area contributed by atoms with Gasteiger partial charge in [-0.15, -0.1) is 0 Å². The third kappa shape index (κ3) is 9.08. The molecule has 2 aromatic carbocycles. The number of carbonyl (C=O) groups is 2. The summed E-state index contributed by atoms with van der Waals surface area (Å²) < 4.78 is 91.6. The average Bonchev–Trinajstić information content (AvgIpc) is 3.60. The first-order valence-electron chi connectivity index (χ1n) is 17.5. The van der Waals surface area contributed by atoms with Crippen LogP contribution in [-0.4, -0.2) is 60.2 Å². The van der Waals surface area contributed by atoms with Crippen molar-refractivity contribution in [2.75, 3.05) is 13.7 Å². The van der Waals surface area contributed by atoms with Crippen LogP contribution in [0.2, 0.25) is 0 Å². The molecule has 2 aliphatic carbocycles. The number of carbonyl (C=O) groups excluding carboxylic acids is 1.